The largest absolute Gasteiger partial charge is 0.339 e. The maximum Gasteiger partial charge on any atom is 0.158 e. The summed E-state index contributed by atoms with van der Waals surface area (Å²) in [5.74, 6) is 0.671. The molecular weight excluding hydrogens is 306 g/mol. The Labute approximate surface area is 138 Å². The molecule has 114 valence electrons. The first-order chi connectivity index (χ1) is 11.3. The maximum atomic E-state index is 9.58. The van der Waals surface area contributed by atoms with Crippen molar-refractivity contribution >= 4 is 28.9 Å². The molecule has 0 fully saturated rings. The maximum absolute atomic E-state index is 9.58. The number of aryl methyl sites for hydroxylation is 2. The summed E-state index contributed by atoms with van der Waals surface area (Å²) in [6.45, 7) is 0. The molecule has 2 heterocycles. The highest BCUT2D eigenvalue weighted by Crippen LogP contribution is 2.30. The summed E-state index contributed by atoms with van der Waals surface area (Å²) in [5, 5.41) is 18.0. The molecule has 1 aliphatic rings. The Morgan fingerprint density at radius 3 is 2.96 bits per heavy atom. The number of hydrogen-bond acceptors (Lipinski definition) is 5. The molecular formula is C17H15N5S. The van der Waals surface area contributed by atoms with Gasteiger partial charge in [-0.1, -0.05) is 6.07 Å². The van der Waals surface area contributed by atoms with Crippen LogP contribution in [0.4, 0.5) is 11.5 Å². The van der Waals surface area contributed by atoms with Crippen LogP contribution in [-0.2, 0) is 12.8 Å². The van der Waals surface area contributed by atoms with Crippen molar-refractivity contribution in [2.45, 2.75) is 24.3 Å². The summed E-state index contributed by atoms with van der Waals surface area (Å²) in [5.41, 5.74) is 5.06. The molecule has 0 bridgehead atoms. The minimum absolute atomic E-state index is 0.522. The second-order valence-corrected chi connectivity index (χ2v) is 6.31. The van der Waals surface area contributed by atoms with Gasteiger partial charge in [-0.25, -0.2) is 4.98 Å². The molecule has 0 saturated carbocycles. The molecule has 1 N–H and O–H groups in total. The van der Waals surface area contributed by atoms with Crippen molar-refractivity contribution in [3.05, 3.63) is 47.2 Å². The number of nitriles is 1. The van der Waals surface area contributed by atoms with Crippen LogP contribution >= 0.6 is 11.8 Å². The molecule has 1 aliphatic carbocycles. The molecule has 0 radical (unpaired) electrons. The first-order valence-electron chi connectivity index (χ1n) is 7.51. The van der Waals surface area contributed by atoms with Crippen LogP contribution in [-0.4, -0.2) is 20.9 Å². The van der Waals surface area contributed by atoms with E-state index in [9.17, 15) is 5.26 Å². The monoisotopic (exact) mass is 321 g/mol. The summed E-state index contributed by atoms with van der Waals surface area (Å²) in [7, 11) is 0. The van der Waals surface area contributed by atoms with Crippen molar-refractivity contribution in [1.29, 1.82) is 5.26 Å². The number of thioether (sulfide) groups is 1. The van der Waals surface area contributed by atoms with Crippen molar-refractivity contribution in [3.8, 4) is 6.07 Å². The summed E-state index contributed by atoms with van der Waals surface area (Å²) in [4.78, 5) is 4.49. The molecule has 0 atom stereocenters. The van der Waals surface area contributed by atoms with Crippen LogP contribution in [0, 0.1) is 11.3 Å². The molecule has 3 aromatic rings. The molecule has 1 aromatic carbocycles. The van der Waals surface area contributed by atoms with E-state index in [4.69, 9.17) is 0 Å². The SMILES string of the molecule is CSc1nc2ccnn2c(Nc2ccc3c(c2)CCC3)c1C#N. The van der Waals surface area contributed by atoms with Gasteiger partial charge in [-0.2, -0.15) is 14.9 Å². The van der Waals surface area contributed by atoms with Gasteiger partial charge in [0.1, 0.15) is 16.7 Å². The fraction of sp³-hybridized carbons (Fsp3) is 0.235. The van der Waals surface area contributed by atoms with Crippen molar-refractivity contribution in [1.82, 2.24) is 14.6 Å². The van der Waals surface area contributed by atoms with Gasteiger partial charge in [0.05, 0.1) is 6.20 Å². The molecule has 4 rings (SSSR count). The number of rotatable bonds is 3. The van der Waals surface area contributed by atoms with Gasteiger partial charge in [-0.05, 0) is 48.8 Å². The lowest BCUT2D eigenvalue weighted by atomic mass is 10.1. The van der Waals surface area contributed by atoms with Crippen LogP contribution < -0.4 is 5.32 Å². The van der Waals surface area contributed by atoms with Crippen LogP contribution in [0.3, 0.4) is 0 Å². The first-order valence-corrected chi connectivity index (χ1v) is 8.73. The van der Waals surface area contributed by atoms with E-state index >= 15 is 0 Å². The van der Waals surface area contributed by atoms with E-state index in [1.165, 1.54) is 29.3 Å². The second kappa shape index (κ2) is 5.60. The van der Waals surface area contributed by atoms with Gasteiger partial charge >= 0.3 is 0 Å². The van der Waals surface area contributed by atoms with E-state index in [0.29, 0.717) is 16.4 Å². The third-order valence-corrected chi connectivity index (χ3v) is 4.85. The smallest absolute Gasteiger partial charge is 0.158 e. The average molecular weight is 321 g/mol. The van der Waals surface area contributed by atoms with E-state index < -0.39 is 0 Å². The topological polar surface area (TPSA) is 66.0 Å². The Morgan fingerprint density at radius 1 is 1.26 bits per heavy atom. The zero-order valence-electron chi connectivity index (χ0n) is 12.7. The molecule has 0 amide bonds. The minimum atomic E-state index is 0.522. The predicted octanol–water partition coefficient (Wildman–Crippen LogP) is 3.56. The highest BCUT2D eigenvalue weighted by molar-refractivity contribution is 7.98. The van der Waals surface area contributed by atoms with E-state index in [2.05, 4.69) is 39.7 Å². The normalized spacial score (nSPS) is 13.0. The van der Waals surface area contributed by atoms with E-state index in [1.807, 2.05) is 12.3 Å². The lowest BCUT2D eigenvalue weighted by Gasteiger charge is -2.13. The van der Waals surface area contributed by atoms with Crippen LogP contribution in [0.15, 0.2) is 35.5 Å². The minimum Gasteiger partial charge on any atom is -0.339 e. The number of nitrogens with zero attached hydrogens (tertiary/aromatic N) is 4. The zero-order valence-corrected chi connectivity index (χ0v) is 13.5. The third kappa shape index (κ3) is 2.34. The lowest BCUT2D eigenvalue weighted by Crippen LogP contribution is -2.06. The Hall–Kier alpha value is -2.52. The zero-order chi connectivity index (χ0) is 15.8. The van der Waals surface area contributed by atoms with Gasteiger partial charge < -0.3 is 5.32 Å². The van der Waals surface area contributed by atoms with E-state index in [0.717, 1.165) is 24.2 Å². The Bertz CT molecular complexity index is 938. The van der Waals surface area contributed by atoms with Crippen LogP contribution in [0.1, 0.15) is 23.1 Å². The second-order valence-electron chi connectivity index (χ2n) is 5.52. The number of fused-ring (bicyclic) bond motifs is 2. The molecule has 0 unspecified atom stereocenters. The first kappa shape index (κ1) is 14.1. The number of benzene rings is 1. The van der Waals surface area contributed by atoms with Crippen molar-refractivity contribution in [3.63, 3.8) is 0 Å². The predicted molar refractivity (Wildman–Crippen MR) is 91.2 cm³/mol. The van der Waals surface area contributed by atoms with Gasteiger partial charge in [0.2, 0.25) is 0 Å². The quantitative estimate of drug-likeness (QED) is 0.590. The van der Waals surface area contributed by atoms with Crippen LogP contribution in [0.2, 0.25) is 0 Å². The number of hydrogen-bond donors (Lipinski definition) is 1. The number of aromatic nitrogens is 3. The van der Waals surface area contributed by atoms with E-state index in [1.54, 1.807) is 10.7 Å². The Balaban J connectivity index is 1.84. The highest BCUT2D eigenvalue weighted by atomic mass is 32.2. The lowest BCUT2D eigenvalue weighted by molar-refractivity contribution is 0.911. The van der Waals surface area contributed by atoms with Crippen molar-refractivity contribution < 1.29 is 0 Å². The Morgan fingerprint density at radius 2 is 2.13 bits per heavy atom. The van der Waals surface area contributed by atoms with Gasteiger partial charge in [-0.3, -0.25) is 0 Å². The highest BCUT2D eigenvalue weighted by Gasteiger charge is 2.17. The molecule has 0 aliphatic heterocycles. The van der Waals surface area contributed by atoms with Gasteiger partial charge in [0.15, 0.2) is 11.5 Å². The molecule has 23 heavy (non-hydrogen) atoms. The van der Waals surface area contributed by atoms with E-state index in [-0.39, 0.29) is 0 Å². The molecule has 0 spiro atoms. The van der Waals surface area contributed by atoms with Gasteiger partial charge in [0.25, 0.3) is 0 Å². The Kier molecular flexibility index (Phi) is 3.43. The van der Waals surface area contributed by atoms with Crippen LogP contribution in [0.5, 0.6) is 0 Å². The van der Waals surface area contributed by atoms with Gasteiger partial charge in [0, 0.05) is 11.8 Å². The molecule has 0 saturated heterocycles. The fourth-order valence-corrected chi connectivity index (χ4v) is 3.60. The molecule has 5 nitrogen and oxygen atoms in total. The third-order valence-electron chi connectivity index (χ3n) is 4.17. The summed E-state index contributed by atoms with van der Waals surface area (Å²) >= 11 is 1.47. The van der Waals surface area contributed by atoms with Crippen molar-refractivity contribution in [2.75, 3.05) is 11.6 Å². The molecule has 6 heteroatoms. The van der Waals surface area contributed by atoms with Crippen molar-refractivity contribution in [2.24, 2.45) is 0 Å². The summed E-state index contributed by atoms with van der Waals surface area (Å²) < 4.78 is 1.69. The summed E-state index contributed by atoms with van der Waals surface area (Å²) in [6, 6.07) is 10.5. The fourth-order valence-electron chi connectivity index (χ4n) is 3.07. The number of nitrogens with one attached hydrogen (secondary N) is 1. The van der Waals surface area contributed by atoms with Gasteiger partial charge in [-0.15, -0.1) is 11.8 Å². The average Bonchev–Trinajstić information content (AvgIpc) is 3.22. The summed E-state index contributed by atoms with van der Waals surface area (Å²) in [6.07, 6.45) is 7.13. The molecule has 2 aromatic heterocycles. The number of anilines is 2. The standard InChI is InChI=1S/C17H15N5S/c1-23-17-14(10-18)16(22-15(21-17)7-8-19-22)20-13-6-5-11-3-2-4-12(11)9-13/h5-9,20H,2-4H2,1H3. The van der Waals surface area contributed by atoms with Crippen LogP contribution in [0.25, 0.3) is 5.65 Å².